The Hall–Kier alpha value is -1.35. The van der Waals surface area contributed by atoms with Gasteiger partial charge in [-0.2, -0.15) is 0 Å². The van der Waals surface area contributed by atoms with Crippen molar-refractivity contribution in [2.45, 2.75) is 50.6 Å². The second kappa shape index (κ2) is 4.73. The molecule has 1 fully saturated rings. The van der Waals surface area contributed by atoms with Crippen molar-refractivity contribution < 1.29 is 9.90 Å². The summed E-state index contributed by atoms with van der Waals surface area (Å²) in [5.74, 6) is -0.716. The molecular formula is C15H19NO2. The Balaban J connectivity index is 1.65. The van der Waals surface area contributed by atoms with Crippen LogP contribution in [0.5, 0.6) is 0 Å². The van der Waals surface area contributed by atoms with Gasteiger partial charge in [0.05, 0.1) is 0 Å². The maximum absolute atomic E-state index is 10.9. The van der Waals surface area contributed by atoms with Crippen LogP contribution in [0, 0.1) is 0 Å². The van der Waals surface area contributed by atoms with Gasteiger partial charge in [0.15, 0.2) is 0 Å². The summed E-state index contributed by atoms with van der Waals surface area (Å²) in [6, 6.07) is 6.76. The van der Waals surface area contributed by atoms with E-state index >= 15 is 0 Å². The molecule has 96 valence electrons. The van der Waals surface area contributed by atoms with Gasteiger partial charge >= 0.3 is 5.97 Å². The Kier molecular flexibility index (Phi) is 3.08. The number of benzene rings is 1. The maximum atomic E-state index is 10.9. The molecule has 1 aliphatic heterocycles. The molecule has 1 aliphatic carbocycles. The summed E-state index contributed by atoms with van der Waals surface area (Å²) in [7, 11) is 0. The predicted molar refractivity (Wildman–Crippen MR) is 69.8 cm³/mol. The second-order valence-electron chi connectivity index (χ2n) is 5.49. The van der Waals surface area contributed by atoms with Gasteiger partial charge in [-0.1, -0.05) is 18.2 Å². The molecule has 0 spiro atoms. The van der Waals surface area contributed by atoms with E-state index < -0.39 is 5.97 Å². The van der Waals surface area contributed by atoms with Gasteiger partial charge in [0.2, 0.25) is 0 Å². The van der Waals surface area contributed by atoms with Crippen molar-refractivity contribution in [2.75, 3.05) is 0 Å². The number of carboxylic acid groups (broad SMARTS) is 1. The van der Waals surface area contributed by atoms with Crippen molar-refractivity contribution in [3.63, 3.8) is 0 Å². The van der Waals surface area contributed by atoms with Gasteiger partial charge in [0, 0.05) is 6.04 Å². The summed E-state index contributed by atoms with van der Waals surface area (Å²) in [5.41, 5.74) is 4.35. The van der Waals surface area contributed by atoms with Gasteiger partial charge in [-0.3, -0.25) is 4.79 Å². The molecular weight excluding hydrogens is 226 g/mol. The van der Waals surface area contributed by atoms with Crippen LogP contribution in [0.4, 0.5) is 0 Å². The van der Waals surface area contributed by atoms with Crippen molar-refractivity contribution in [3.8, 4) is 0 Å². The second-order valence-corrected chi connectivity index (χ2v) is 5.49. The molecule has 0 aromatic heterocycles. The van der Waals surface area contributed by atoms with Crippen LogP contribution in [-0.4, -0.2) is 23.2 Å². The molecule has 0 radical (unpaired) electrons. The van der Waals surface area contributed by atoms with Crippen molar-refractivity contribution in [3.05, 3.63) is 34.9 Å². The van der Waals surface area contributed by atoms with E-state index in [1.54, 1.807) is 0 Å². The number of aliphatic carboxylic acids is 1. The molecule has 3 heteroatoms. The molecule has 18 heavy (non-hydrogen) atoms. The predicted octanol–water partition coefficient (Wildman–Crippen LogP) is 1.92. The van der Waals surface area contributed by atoms with Crippen LogP contribution in [-0.2, 0) is 24.1 Å². The standard InChI is InChI=1S/C15H19NO2/c17-15(18)14-7-6-13(16-14)9-10-4-5-11-2-1-3-12(11)8-10/h4-5,8,13-14,16H,1-3,6-7,9H2,(H,17,18). The monoisotopic (exact) mass is 245 g/mol. The largest absolute Gasteiger partial charge is 0.480 e. The van der Waals surface area contributed by atoms with Gasteiger partial charge < -0.3 is 10.4 Å². The lowest BCUT2D eigenvalue weighted by atomic mass is 10.0. The minimum absolute atomic E-state index is 0.325. The molecule has 2 aliphatic rings. The highest BCUT2D eigenvalue weighted by Gasteiger charge is 2.28. The maximum Gasteiger partial charge on any atom is 0.320 e. The van der Waals surface area contributed by atoms with E-state index in [1.807, 2.05) is 0 Å². The van der Waals surface area contributed by atoms with E-state index in [0.29, 0.717) is 6.04 Å². The van der Waals surface area contributed by atoms with E-state index in [9.17, 15) is 4.79 Å². The number of fused-ring (bicyclic) bond motifs is 1. The summed E-state index contributed by atoms with van der Waals surface area (Å²) < 4.78 is 0. The first-order chi connectivity index (χ1) is 8.72. The topological polar surface area (TPSA) is 49.3 Å². The van der Waals surface area contributed by atoms with E-state index in [2.05, 4.69) is 23.5 Å². The Morgan fingerprint density at radius 1 is 1.28 bits per heavy atom. The summed E-state index contributed by atoms with van der Waals surface area (Å²) in [4.78, 5) is 10.9. The van der Waals surface area contributed by atoms with E-state index in [1.165, 1.54) is 36.0 Å². The summed E-state index contributed by atoms with van der Waals surface area (Å²) in [6.45, 7) is 0. The van der Waals surface area contributed by atoms with Gasteiger partial charge in [-0.25, -0.2) is 0 Å². The van der Waals surface area contributed by atoms with E-state index in [4.69, 9.17) is 5.11 Å². The first-order valence-corrected chi connectivity index (χ1v) is 6.82. The Labute approximate surface area is 107 Å². The molecule has 1 aromatic carbocycles. The van der Waals surface area contributed by atoms with Crippen molar-refractivity contribution in [1.82, 2.24) is 5.32 Å². The summed E-state index contributed by atoms with van der Waals surface area (Å²) in [6.07, 6.45) is 6.38. The van der Waals surface area contributed by atoms with Gasteiger partial charge in [-0.15, -0.1) is 0 Å². The Morgan fingerprint density at radius 3 is 2.89 bits per heavy atom. The Bertz CT molecular complexity index is 470. The molecule has 1 saturated heterocycles. The van der Waals surface area contributed by atoms with E-state index in [-0.39, 0.29) is 6.04 Å². The summed E-state index contributed by atoms with van der Waals surface area (Å²) in [5, 5.41) is 12.2. The van der Waals surface area contributed by atoms with Crippen LogP contribution in [0.15, 0.2) is 18.2 Å². The fourth-order valence-electron chi connectivity index (χ4n) is 3.21. The fraction of sp³-hybridized carbons (Fsp3) is 0.533. The van der Waals surface area contributed by atoms with Gasteiger partial charge in [0.25, 0.3) is 0 Å². The zero-order chi connectivity index (χ0) is 12.5. The number of carboxylic acids is 1. The minimum Gasteiger partial charge on any atom is -0.480 e. The molecule has 3 nitrogen and oxygen atoms in total. The van der Waals surface area contributed by atoms with Crippen LogP contribution < -0.4 is 5.32 Å². The number of hydrogen-bond donors (Lipinski definition) is 2. The van der Waals surface area contributed by atoms with Crippen LogP contribution in [0.1, 0.15) is 36.0 Å². The molecule has 3 rings (SSSR count). The highest BCUT2D eigenvalue weighted by atomic mass is 16.4. The van der Waals surface area contributed by atoms with Crippen LogP contribution >= 0.6 is 0 Å². The molecule has 1 aromatic rings. The van der Waals surface area contributed by atoms with E-state index in [0.717, 1.165) is 19.3 Å². The average Bonchev–Trinajstić information content (AvgIpc) is 2.96. The lowest BCUT2D eigenvalue weighted by Gasteiger charge is -2.12. The lowest BCUT2D eigenvalue weighted by molar-refractivity contribution is -0.139. The lowest BCUT2D eigenvalue weighted by Crippen LogP contribution is -2.36. The highest BCUT2D eigenvalue weighted by molar-refractivity contribution is 5.73. The highest BCUT2D eigenvalue weighted by Crippen LogP contribution is 2.24. The van der Waals surface area contributed by atoms with Gasteiger partial charge in [0.1, 0.15) is 6.04 Å². The third-order valence-corrected chi connectivity index (χ3v) is 4.18. The van der Waals surface area contributed by atoms with Crippen molar-refractivity contribution >= 4 is 5.97 Å². The number of rotatable bonds is 3. The number of nitrogens with one attached hydrogen (secondary N) is 1. The first kappa shape index (κ1) is 11.7. The Morgan fingerprint density at radius 2 is 2.11 bits per heavy atom. The number of carbonyl (C=O) groups is 1. The van der Waals surface area contributed by atoms with Crippen LogP contribution in [0.3, 0.4) is 0 Å². The number of hydrogen-bond acceptors (Lipinski definition) is 2. The minimum atomic E-state index is -0.716. The SMILES string of the molecule is O=C(O)C1CCC(Cc2ccc3c(c2)CCC3)N1. The van der Waals surface area contributed by atoms with Crippen LogP contribution in [0.25, 0.3) is 0 Å². The normalized spacial score (nSPS) is 26.2. The van der Waals surface area contributed by atoms with Crippen LogP contribution in [0.2, 0.25) is 0 Å². The first-order valence-electron chi connectivity index (χ1n) is 6.82. The third kappa shape index (κ3) is 2.27. The van der Waals surface area contributed by atoms with Gasteiger partial charge in [-0.05, 0) is 55.2 Å². The molecule has 0 bridgehead atoms. The van der Waals surface area contributed by atoms with Crippen molar-refractivity contribution in [2.24, 2.45) is 0 Å². The van der Waals surface area contributed by atoms with Crippen molar-refractivity contribution in [1.29, 1.82) is 0 Å². The third-order valence-electron chi connectivity index (χ3n) is 4.18. The number of aryl methyl sites for hydroxylation is 2. The zero-order valence-corrected chi connectivity index (χ0v) is 10.5. The quantitative estimate of drug-likeness (QED) is 0.855. The molecule has 2 atom stereocenters. The molecule has 0 saturated carbocycles. The zero-order valence-electron chi connectivity index (χ0n) is 10.5. The average molecular weight is 245 g/mol. The molecule has 1 heterocycles. The molecule has 2 N–H and O–H groups in total. The smallest absolute Gasteiger partial charge is 0.320 e. The molecule has 0 amide bonds. The summed E-state index contributed by atoms with van der Waals surface area (Å²) >= 11 is 0. The molecule has 2 unspecified atom stereocenters. The fourth-order valence-corrected chi connectivity index (χ4v) is 3.21.